The molecule has 18 heavy (non-hydrogen) atoms. The van der Waals surface area contributed by atoms with Gasteiger partial charge in [0.2, 0.25) is 5.88 Å². The number of rotatable bonds is 4. The first-order chi connectivity index (χ1) is 8.79. The molecule has 0 N–H and O–H groups in total. The second-order valence-corrected chi connectivity index (χ2v) is 4.69. The molecule has 0 bridgehead atoms. The Bertz CT molecular complexity index is 400. The van der Waals surface area contributed by atoms with Crippen LogP contribution < -0.4 is 4.74 Å². The minimum absolute atomic E-state index is 0.361. The molecule has 0 atom stereocenters. The van der Waals surface area contributed by atoms with Gasteiger partial charge in [-0.2, -0.15) is 0 Å². The lowest BCUT2D eigenvalue weighted by molar-refractivity contribution is 0.0600. The Labute approximate surface area is 107 Å². The molecule has 1 saturated carbocycles. The van der Waals surface area contributed by atoms with Crippen molar-refractivity contribution in [3.63, 3.8) is 0 Å². The number of hydrogen-bond donors (Lipinski definition) is 0. The number of carbonyl (C=O) groups excluding carboxylic acids is 1. The van der Waals surface area contributed by atoms with Crippen LogP contribution in [0.1, 0.15) is 42.5 Å². The first kappa shape index (κ1) is 12.9. The van der Waals surface area contributed by atoms with Crippen LogP contribution in [0.5, 0.6) is 5.88 Å². The second kappa shape index (κ2) is 6.38. The topological polar surface area (TPSA) is 48.4 Å². The molecule has 0 spiro atoms. The van der Waals surface area contributed by atoms with E-state index in [9.17, 15) is 4.79 Å². The Kier molecular flexibility index (Phi) is 4.56. The van der Waals surface area contributed by atoms with E-state index >= 15 is 0 Å². The van der Waals surface area contributed by atoms with Crippen molar-refractivity contribution in [2.75, 3.05) is 13.7 Å². The van der Waals surface area contributed by atoms with Crippen molar-refractivity contribution < 1.29 is 14.3 Å². The lowest BCUT2D eigenvalue weighted by atomic mass is 9.90. The molecule has 0 aliphatic heterocycles. The standard InChI is InChI=1S/C14H19NO3/c1-17-14(16)12-7-8-15-13(9-12)18-10-11-5-3-2-4-6-11/h7-9,11H,2-6,10H2,1H3. The molecule has 4 heteroatoms. The van der Waals surface area contributed by atoms with Crippen molar-refractivity contribution in [2.24, 2.45) is 5.92 Å². The highest BCUT2D eigenvalue weighted by molar-refractivity contribution is 5.89. The van der Waals surface area contributed by atoms with Gasteiger partial charge < -0.3 is 9.47 Å². The van der Waals surface area contributed by atoms with Crippen molar-refractivity contribution in [1.82, 2.24) is 4.98 Å². The molecule has 0 unspecified atom stereocenters. The molecule has 98 valence electrons. The highest BCUT2D eigenvalue weighted by Gasteiger charge is 2.14. The first-order valence-corrected chi connectivity index (χ1v) is 6.47. The second-order valence-electron chi connectivity index (χ2n) is 4.69. The van der Waals surface area contributed by atoms with E-state index in [1.165, 1.54) is 39.2 Å². The number of methoxy groups -OCH3 is 1. The molecule has 0 radical (unpaired) electrons. The fourth-order valence-electron chi connectivity index (χ4n) is 2.29. The summed E-state index contributed by atoms with van der Waals surface area (Å²) in [6.45, 7) is 0.692. The zero-order chi connectivity index (χ0) is 12.8. The van der Waals surface area contributed by atoms with E-state index in [0.717, 1.165) is 0 Å². The third-order valence-corrected chi connectivity index (χ3v) is 3.35. The largest absolute Gasteiger partial charge is 0.477 e. The number of nitrogens with zero attached hydrogens (tertiary/aromatic N) is 1. The monoisotopic (exact) mass is 249 g/mol. The average Bonchev–Trinajstić information content (AvgIpc) is 2.45. The molecule has 0 aromatic carbocycles. The van der Waals surface area contributed by atoms with Crippen molar-refractivity contribution in [1.29, 1.82) is 0 Å². The van der Waals surface area contributed by atoms with Gasteiger partial charge in [-0.05, 0) is 24.8 Å². The molecule has 0 saturated heterocycles. The van der Waals surface area contributed by atoms with Gasteiger partial charge in [-0.1, -0.05) is 19.3 Å². The number of aromatic nitrogens is 1. The molecule has 1 aliphatic carbocycles. The van der Waals surface area contributed by atoms with E-state index in [-0.39, 0.29) is 5.97 Å². The van der Waals surface area contributed by atoms with Crippen LogP contribution in [0, 0.1) is 5.92 Å². The molecule has 1 aromatic rings. The number of pyridine rings is 1. The van der Waals surface area contributed by atoms with Crippen molar-refractivity contribution in [2.45, 2.75) is 32.1 Å². The smallest absolute Gasteiger partial charge is 0.338 e. The van der Waals surface area contributed by atoms with Gasteiger partial charge in [0, 0.05) is 12.3 Å². The molecule has 0 amide bonds. The predicted molar refractivity (Wildman–Crippen MR) is 67.6 cm³/mol. The van der Waals surface area contributed by atoms with Crippen LogP contribution in [-0.4, -0.2) is 24.7 Å². The average molecular weight is 249 g/mol. The summed E-state index contributed by atoms with van der Waals surface area (Å²) >= 11 is 0. The van der Waals surface area contributed by atoms with Crippen LogP contribution in [-0.2, 0) is 4.74 Å². The maximum absolute atomic E-state index is 11.4. The maximum atomic E-state index is 11.4. The molecule has 2 rings (SSSR count). The Balaban J connectivity index is 1.90. The quantitative estimate of drug-likeness (QED) is 0.770. The number of hydrogen-bond acceptors (Lipinski definition) is 4. The van der Waals surface area contributed by atoms with Gasteiger partial charge >= 0.3 is 5.97 Å². The van der Waals surface area contributed by atoms with Gasteiger partial charge in [0.25, 0.3) is 0 Å². The summed E-state index contributed by atoms with van der Waals surface area (Å²) in [5.74, 6) is 0.769. The van der Waals surface area contributed by atoms with Crippen LogP contribution in [0.4, 0.5) is 0 Å². The Morgan fingerprint density at radius 3 is 2.89 bits per heavy atom. The molecule has 1 aliphatic rings. The maximum Gasteiger partial charge on any atom is 0.338 e. The fourth-order valence-corrected chi connectivity index (χ4v) is 2.29. The van der Waals surface area contributed by atoms with Crippen LogP contribution in [0.15, 0.2) is 18.3 Å². The van der Waals surface area contributed by atoms with Crippen LogP contribution in [0.25, 0.3) is 0 Å². The normalized spacial score (nSPS) is 16.3. The van der Waals surface area contributed by atoms with Gasteiger partial charge in [-0.3, -0.25) is 0 Å². The summed E-state index contributed by atoms with van der Waals surface area (Å²) in [7, 11) is 1.37. The Morgan fingerprint density at radius 2 is 2.17 bits per heavy atom. The molecule has 1 fully saturated rings. The zero-order valence-electron chi connectivity index (χ0n) is 10.7. The van der Waals surface area contributed by atoms with Gasteiger partial charge in [-0.25, -0.2) is 9.78 Å². The highest BCUT2D eigenvalue weighted by Crippen LogP contribution is 2.24. The third kappa shape index (κ3) is 3.45. The summed E-state index contributed by atoms with van der Waals surface area (Å²) in [4.78, 5) is 15.5. The summed E-state index contributed by atoms with van der Waals surface area (Å²) < 4.78 is 10.3. The van der Waals surface area contributed by atoms with E-state index in [0.29, 0.717) is 24.0 Å². The van der Waals surface area contributed by atoms with E-state index in [4.69, 9.17) is 4.74 Å². The Hall–Kier alpha value is -1.58. The summed E-state index contributed by atoms with van der Waals surface area (Å²) in [6, 6.07) is 3.26. The van der Waals surface area contributed by atoms with E-state index in [1.807, 2.05) is 0 Å². The molecular formula is C14H19NO3. The SMILES string of the molecule is COC(=O)c1ccnc(OCC2CCCCC2)c1. The molecule has 1 heterocycles. The third-order valence-electron chi connectivity index (χ3n) is 3.35. The fraction of sp³-hybridized carbons (Fsp3) is 0.571. The van der Waals surface area contributed by atoms with Crippen molar-refractivity contribution in [3.05, 3.63) is 23.9 Å². The molecule has 1 aromatic heterocycles. The molecule has 4 nitrogen and oxygen atoms in total. The first-order valence-electron chi connectivity index (χ1n) is 6.47. The predicted octanol–water partition coefficient (Wildman–Crippen LogP) is 2.83. The van der Waals surface area contributed by atoms with Crippen LogP contribution in [0.2, 0.25) is 0 Å². The van der Waals surface area contributed by atoms with Crippen molar-refractivity contribution >= 4 is 5.97 Å². The van der Waals surface area contributed by atoms with Crippen LogP contribution >= 0.6 is 0 Å². The minimum Gasteiger partial charge on any atom is -0.477 e. The van der Waals surface area contributed by atoms with Gasteiger partial charge in [0.1, 0.15) is 0 Å². The van der Waals surface area contributed by atoms with E-state index < -0.39 is 0 Å². The highest BCUT2D eigenvalue weighted by atomic mass is 16.5. The van der Waals surface area contributed by atoms with E-state index in [1.54, 1.807) is 18.3 Å². The van der Waals surface area contributed by atoms with Gasteiger partial charge in [0.05, 0.1) is 19.3 Å². The van der Waals surface area contributed by atoms with Crippen LogP contribution in [0.3, 0.4) is 0 Å². The number of carbonyl (C=O) groups is 1. The number of esters is 1. The Morgan fingerprint density at radius 1 is 1.39 bits per heavy atom. The summed E-state index contributed by atoms with van der Waals surface area (Å²) in [6.07, 6.45) is 7.97. The molecular weight excluding hydrogens is 230 g/mol. The lowest BCUT2D eigenvalue weighted by Crippen LogP contribution is -2.15. The lowest BCUT2D eigenvalue weighted by Gasteiger charge is -2.21. The van der Waals surface area contributed by atoms with Gasteiger partial charge in [0.15, 0.2) is 0 Å². The summed E-state index contributed by atoms with van der Waals surface area (Å²) in [5, 5.41) is 0. The minimum atomic E-state index is -0.361. The van der Waals surface area contributed by atoms with E-state index in [2.05, 4.69) is 9.72 Å². The zero-order valence-corrected chi connectivity index (χ0v) is 10.7. The number of ether oxygens (including phenoxy) is 2. The van der Waals surface area contributed by atoms with Gasteiger partial charge in [-0.15, -0.1) is 0 Å². The van der Waals surface area contributed by atoms with Crippen molar-refractivity contribution in [3.8, 4) is 5.88 Å². The summed E-state index contributed by atoms with van der Waals surface area (Å²) in [5.41, 5.74) is 0.478.